The van der Waals surface area contributed by atoms with Crippen LogP contribution in [0.1, 0.15) is 45.9 Å². The van der Waals surface area contributed by atoms with E-state index in [1.807, 2.05) is 35.1 Å². The van der Waals surface area contributed by atoms with Crippen LogP contribution in [0.2, 0.25) is 0 Å². The third-order valence-electron chi connectivity index (χ3n) is 6.23. The Hall–Kier alpha value is -3.39. The number of ether oxygens (including phenoxy) is 1. The predicted octanol–water partition coefficient (Wildman–Crippen LogP) is 3.00. The normalized spacial score (nSPS) is 14.9. The molecule has 8 nitrogen and oxygen atoms in total. The number of carbonyl (C=O) groups is 1. The van der Waals surface area contributed by atoms with E-state index in [0.29, 0.717) is 23.8 Å². The van der Waals surface area contributed by atoms with Gasteiger partial charge in [0.2, 0.25) is 0 Å². The van der Waals surface area contributed by atoms with E-state index in [1.165, 1.54) is 10.5 Å². The number of likely N-dealkylation sites (tertiary alicyclic amines) is 1. The fourth-order valence-electron chi connectivity index (χ4n) is 4.41. The first kappa shape index (κ1) is 22.8. The van der Waals surface area contributed by atoms with Gasteiger partial charge in [0.25, 0.3) is 5.91 Å². The predicted molar refractivity (Wildman–Crippen MR) is 128 cm³/mol. The van der Waals surface area contributed by atoms with E-state index in [2.05, 4.69) is 27.1 Å². The van der Waals surface area contributed by atoms with Gasteiger partial charge in [-0.05, 0) is 61.8 Å². The average molecular weight is 449 g/mol. The summed E-state index contributed by atoms with van der Waals surface area (Å²) < 4.78 is 7.46. The Morgan fingerprint density at radius 3 is 2.61 bits per heavy atom. The van der Waals surface area contributed by atoms with Gasteiger partial charge in [-0.2, -0.15) is 5.10 Å². The maximum absolute atomic E-state index is 12.2. The van der Waals surface area contributed by atoms with Crippen molar-refractivity contribution in [3.05, 3.63) is 71.2 Å². The van der Waals surface area contributed by atoms with E-state index in [-0.39, 0.29) is 5.91 Å². The van der Waals surface area contributed by atoms with E-state index >= 15 is 0 Å². The number of anilines is 1. The Morgan fingerprint density at radius 2 is 1.97 bits per heavy atom. The second kappa shape index (κ2) is 10.0. The van der Waals surface area contributed by atoms with Crippen molar-refractivity contribution in [2.24, 2.45) is 0 Å². The molecule has 1 saturated heterocycles. The van der Waals surface area contributed by atoms with Crippen LogP contribution in [-0.4, -0.2) is 64.8 Å². The van der Waals surface area contributed by atoms with Gasteiger partial charge >= 0.3 is 0 Å². The van der Waals surface area contributed by atoms with Crippen molar-refractivity contribution in [1.29, 1.82) is 0 Å². The summed E-state index contributed by atoms with van der Waals surface area (Å²) in [6.45, 7) is 3.57. The number of aromatic nitrogens is 3. The first-order valence-corrected chi connectivity index (χ1v) is 11.3. The van der Waals surface area contributed by atoms with Crippen molar-refractivity contribution in [1.82, 2.24) is 24.6 Å². The summed E-state index contributed by atoms with van der Waals surface area (Å²) in [7, 11) is 5.14. The van der Waals surface area contributed by atoms with Gasteiger partial charge in [0, 0.05) is 50.2 Å². The average Bonchev–Trinajstić information content (AvgIpc) is 3.32. The van der Waals surface area contributed by atoms with Crippen LogP contribution in [0.25, 0.3) is 0 Å². The monoisotopic (exact) mass is 448 g/mol. The molecular formula is C25H32N6O2. The van der Waals surface area contributed by atoms with Crippen LogP contribution in [0.4, 0.5) is 5.82 Å². The molecule has 3 aromatic rings. The lowest BCUT2D eigenvalue weighted by molar-refractivity contribution is 0.0828. The number of nitrogens with zero attached hydrogens (tertiary/aromatic N) is 5. The fourth-order valence-corrected chi connectivity index (χ4v) is 4.41. The minimum absolute atomic E-state index is 0.118. The summed E-state index contributed by atoms with van der Waals surface area (Å²) >= 11 is 0. The summed E-state index contributed by atoms with van der Waals surface area (Å²) in [6, 6.07) is 12.1. The lowest BCUT2D eigenvalue weighted by atomic mass is 9.92. The molecule has 8 heteroatoms. The molecule has 0 radical (unpaired) electrons. The molecule has 4 rings (SSSR count). The molecule has 0 aliphatic carbocycles. The number of methoxy groups -OCH3 is 1. The minimum atomic E-state index is -0.118. The number of pyridine rings is 1. The van der Waals surface area contributed by atoms with Gasteiger partial charge in [0.15, 0.2) is 0 Å². The van der Waals surface area contributed by atoms with Gasteiger partial charge in [-0.3, -0.25) is 14.4 Å². The molecule has 1 fully saturated rings. The van der Waals surface area contributed by atoms with Gasteiger partial charge in [0.05, 0.1) is 19.2 Å². The zero-order valence-corrected chi connectivity index (χ0v) is 19.6. The Balaban J connectivity index is 1.38. The SMILES string of the molecule is COc1ccc(CN2CCC(c3ccc(C(=O)N(C)C)c(N)n3)CC2)cc1Cn1cccn1. The number of hydrogen-bond acceptors (Lipinski definition) is 6. The molecule has 3 heterocycles. The number of rotatable bonds is 7. The number of benzene rings is 1. The van der Waals surface area contributed by atoms with Gasteiger partial charge < -0.3 is 15.4 Å². The molecule has 2 aromatic heterocycles. The summed E-state index contributed by atoms with van der Waals surface area (Å²) in [4.78, 5) is 20.8. The van der Waals surface area contributed by atoms with Crippen LogP contribution in [0.15, 0.2) is 48.8 Å². The summed E-state index contributed by atoms with van der Waals surface area (Å²) in [5.74, 6) is 1.44. The van der Waals surface area contributed by atoms with Crippen molar-refractivity contribution in [3.8, 4) is 5.75 Å². The number of piperidine rings is 1. The van der Waals surface area contributed by atoms with Crippen molar-refractivity contribution in [2.45, 2.75) is 31.8 Å². The Bertz CT molecular complexity index is 1090. The highest BCUT2D eigenvalue weighted by atomic mass is 16.5. The molecular weight excluding hydrogens is 416 g/mol. The minimum Gasteiger partial charge on any atom is -0.496 e. The van der Waals surface area contributed by atoms with Crippen LogP contribution in [0.5, 0.6) is 5.75 Å². The number of hydrogen-bond donors (Lipinski definition) is 1. The third kappa shape index (κ3) is 5.34. The quantitative estimate of drug-likeness (QED) is 0.598. The number of nitrogen functional groups attached to an aromatic ring is 1. The number of carbonyl (C=O) groups excluding carboxylic acids is 1. The van der Waals surface area contributed by atoms with E-state index in [1.54, 1.807) is 27.4 Å². The molecule has 174 valence electrons. The number of amides is 1. The molecule has 1 aliphatic rings. The molecule has 1 aliphatic heterocycles. The first-order valence-electron chi connectivity index (χ1n) is 11.3. The highest BCUT2D eigenvalue weighted by Crippen LogP contribution is 2.29. The zero-order valence-electron chi connectivity index (χ0n) is 19.6. The van der Waals surface area contributed by atoms with Crippen molar-refractivity contribution < 1.29 is 9.53 Å². The molecule has 0 bridgehead atoms. The summed E-state index contributed by atoms with van der Waals surface area (Å²) in [6.07, 6.45) is 5.78. The van der Waals surface area contributed by atoms with E-state index < -0.39 is 0 Å². The van der Waals surface area contributed by atoms with Gasteiger partial charge in [0.1, 0.15) is 11.6 Å². The molecule has 33 heavy (non-hydrogen) atoms. The molecule has 1 aromatic carbocycles. The maximum atomic E-state index is 12.2. The van der Waals surface area contributed by atoms with E-state index in [9.17, 15) is 4.79 Å². The van der Waals surface area contributed by atoms with Crippen LogP contribution in [0, 0.1) is 0 Å². The lowest BCUT2D eigenvalue weighted by Crippen LogP contribution is -2.33. The topological polar surface area (TPSA) is 89.5 Å². The Kier molecular flexibility index (Phi) is 6.93. The second-order valence-electron chi connectivity index (χ2n) is 8.77. The molecule has 1 amide bonds. The van der Waals surface area contributed by atoms with Crippen molar-refractivity contribution in [2.75, 3.05) is 40.0 Å². The smallest absolute Gasteiger partial charge is 0.257 e. The van der Waals surface area contributed by atoms with Crippen molar-refractivity contribution in [3.63, 3.8) is 0 Å². The maximum Gasteiger partial charge on any atom is 0.257 e. The standard InChI is InChI=1S/C25H32N6O2/c1-29(2)25(32)21-6-7-22(28-24(21)26)19-9-13-30(14-10-19)16-18-5-8-23(33-3)20(15-18)17-31-12-4-11-27-31/h4-8,11-12,15,19H,9-10,13-14,16-17H2,1-3H3,(H2,26,28). The van der Waals surface area contributed by atoms with Crippen LogP contribution < -0.4 is 10.5 Å². The van der Waals surface area contributed by atoms with Gasteiger partial charge in [-0.1, -0.05) is 6.07 Å². The van der Waals surface area contributed by atoms with Crippen molar-refractivity contribution >= 4 is 11.7 Å². The van der Waals surface area contributed by atoms with E-state index in [0.717, 1.165) is 49.5 Å². The Labute approximate surface area is 195 Å². The molecule has 0 unspecified atom stereocenters. The van der Waals surface area contributed by atoms with E-state index in [4.69, 9.17) is 10.5 Å². The van der Waals surface area contributed by atoms with Gasteiger partial charge in [-0.25, -0.2) is 4.98 Å². The molecule has 0 saturated carbocycles. The highest BCUT2D eigenvalue weighted by Gasteiger charge is 2.23. The number of nitrogens with two attached hydrogens (primary N) is 1. The largest absolute Gasteiger partial charge is 0.496 e. The van der Waals surface area contributed by atoms with Gasteiger partial charge in [-0.15, -0.1) is 0 Å². The zero-order chi connectivity index (χ0) is 23.4. The van der Waals surface area contributed by atoms with Crippen LogP contribution in [0.3, 0.4) is 0 Å². The molecule has 0 spiro atoms. The Morgan fingerprint density at radius 1 is 1.18 bits per heavy atom. The lowest BCUT2D eigenvalue weighted by Gasteiger charge is -2.32. The molecule has 0 atom stereocenters. The highest BCUT2D eigenvalue weighted by molar-refractivity contribution is 5.98. The first-order chi connectivity index (χ1) is 15.9. The third-order valence-corrected chi connectivity index (χ3v) is 6.23. The summed E-state index contributed by atoms with van der Waals surface area (Å²) in [5.41, 5.74) is 9.94. The fraction of sp³-hybridized carbons (Fsp3) is 0.400. The second-order valence-corrected chi connectivity index (χ2v) is 8.77. The molecule has 2 N–H and O–H groups in total. The summed E-state index contributed by atoms with van der Waals surface area (Å²) in [5, 5.41) is 4.31. The van der Waals surface area contributed by atoms with Crippen LogP contribution in [-0.2, 0) is 13.1 Å². The van der Waals surface area contributed by atoms with Crippen LogP contribution >= 0.6 is 0 Å².